The summed E-state index contributed by atoms with van der Waals surface area (Å²) in [5.41, 5.74) is 9.49. The molecule has 1 fully saturated rings. The van der Waals surface area contributed by atoms with Gasteiger partial charge in [0, 0.05) is 61.2 Å². The zero-order valence-corrected chi connectivity index (χ0v) is 23.7. The normalized spacial score (nSPS) is 14.5. The van der Waals surface area contributed by atoms with Crippen molar-refractivity contribution in [3.63, 3.8) is 0 Å². The Hall–Kier alpha value is -4.74. The van der Waals surface area contributed by atoms with Crippen LogP contribution < -0.4 is 32.0 Å². The van der Waals surface area contributed by atoms with Gasteiger partial charge in [-0.3, -0.25) is 18.8 Å². The van der Waals surface area contributed by atoms with Gasteiger partial charge in [0.2, 0.25) is 11.8 Å². The van der Waals surface area contributed by atoms with Crippen LogP contribution in [0.25, 0.3) is 28.0 Å². The molecule has 0 saturated carbocycles. The smallest absolute Gasteiger partial charge is 0.264 e. The molecule has 1 saturated heterocycles. The maximum absolute atomic E-state index is 13.0. The molecule has 1 aliphatic rings. The number of carbonyl (C=O) groups excluding carboxylic acids is 2. The van der Waals surface area contributed by atoms with E-state index in [0.717, 1.165) is 28.7 Å². The fourth-order valence-corrected chi connectivity index (χ4v) is 5.12. The third-order valence-corrected chi connectivity index (χ3v) is 7.49. The van der Waals surface area contributed by atoms with Crippen LogP contribution in [-0.2, 0) is 22.7 Å². The summed E-state index contributed by atoms with van der Waals surface area (Å²) in [6, 6.07) is 13.2. The van der Waals surface area contributed by atoms with E-state index >= 15 is 0 Å². The van der Waals surface area contributed by atoms with Gasteiger partial charge in [-0.15, -0.1) is 0 Å². The van der Waals surface area contributed by atoms with E-state index in [-0.39, 0.29) is 29.8 Å². The highest BCUT2D eigenvalue weighted by Crippen LogP contribution is 2.36. The number of benzene rings is 1. The summed E-state index contributed by atoms with van der Waals surface area (Å²) in [5.74, 6) is -0.122. The van der Waals surface area contributed by atoms with E-state index in [1.54, 1.807) is 25.4 Å². The summed E-state index contributed by atoms with van der Waals surface area (Å²) in [4.78, 5) is 44.7. The van der Waals surface area contributed by atoms with Gasteiger partial charge < -0.3 is 26.4 Å². The van der Waals surface area contributed by atoms with Crippen molar-refractivity contribution in [2.45, 2.75) is 32.0 Å². The molecule has 4 heterocycles. The van der Waals surface area contributed by atoms with Gasteiger partial charge in [-0.25, -0.2) is 9.97 Å². The Kier molecular flexibility index (Phi) is 8.51. The van der Waals surface area contributed by atoms with Crippen molar-refractivity contribution in [3.05, 3.63) is 93.6 Å². The van der Waals surface area contributed by atoms with Gasteiger partial charge in [-0.2, -0.15) is 0 Å². The monoisotopic (exact) mass is 587 g/mol. The molecular formula is C30H30ClN7O4. The van der Waals surface area contributed by atoms with Gasteiger partial charge in [0.1, 0.15) is 5.65 Å². The van der Waals surface area contributed by atoms with E-state index in [1.807, 2.05) is 30.3 Å². The first-order chi connectivity index (χ1) is 20.2. The number of rotatable bonds is 11. The molecule has 1 aliphatic heterocycles. The minimum Gasteiger partial charge on any atom is -0.481 e. The molecule has 0 unspecified atom stereocenters. The van der Waals surface area contributed by atoms with Crippen molar-refractivity contribution in [1.82, 2.24) is 30.3 Å². The number of primary amides is 1. The average Bonchev–Trinajstić information content (AvgIpc) is 3.41. The molecule has 0 aliphatic carbocycles. The van der Waals surface area contributed by atoms with Crippen molar-refractivity contribution in [3.8, 4) is 28.3 Å². The first-order valence-electron chi connectivity index (χ1n) is 13.3. The summed E-state index contributed by atoms with van der Waals surface area (Å²) in [6.07, 6.45) is 4.48. The number of ether oxygens (including phenoxy) is 1. The summed E-state index contributed by atoms with van der Waals surface area (Å²) < 4.78 is 7.00. The van der Waals surface area contributed by atoms with E-state index in [4.69, 9.17) is 27.1 Å². The van der Waals surface area contributed by atoms with Crippen LogP contribution in [-0.4, -0.2) is 45.9 Å². The minimum absolute atomic E-state index is 0.0124. The van der Waals surface area contributed by atoms with Gasteiger partial charge in [-0.05, 0) is 30.2 Å². The highest BCUT2D eigenvalue weighted by molar-refractivity contribution is 6.36. The van der Waals surface area contributed by atoms with Crippen LogP contribution in [0.15, 0.2) is 71.9 Å². The topological polar surface area (TPSA) is 153 Å². The molecule has 216 valence electrons. The fourth-order valence-electron chi connectivity index (χ4n) is 4.79. The van der Waals surface area contributed by atoms with Crippen LogP contribution in [0.3, 0.4) is 0 Å². The molecule has 0 spiro atoms. The number of hydrogen-bond acceptors (Lipinski definition) is 8. The van der Waals surface area contributed by atoms with Crippen LogP contribution in [0.5, 0.6) is 5.88 Å². The quantitative estimate of drug-likeness (QED) is 0.195. The van der Waals surface area contributed by atoms with Crippen LogP contribution in [0, 0.1) is 0 Å². The molecule has 12 heteroatoms. The third-order valence-electron chi connectivity index (χ3n) is 7.08. The second kappa shape index (κ2) is 12.4. The summed E-state index contributed by atoms with van der Waals surface area (Å²) in [5, 5.41) is 9.54. The summed E-state index contributed by atoms with van der Waals surface area (Å²) in [7, 11) is 1.57. The molecule has 11 nitrogen and oxygen atoms in total. The highest BCUT2D eigenvalue weighted by atomic mass is 35.5. The number of hydrogen-bond donors (Lipinski definition) is 4. The zero-order chi connectivity index (χ0) is 29.8. The number of halogens is 1. The molecule has 1 aromatic carbocycles. The van der Waals surface area contributed by atoms with Gasteiger partial charge in [0.05, 0.1) is 29.1 Å². The van der Waals surface area contributed by atoms with Crippen LogP contribution in [0.2, 0.25) is 5.02 Å². The Labute approximate surface area is 246 Å². The lowest BCUT2D eigenvalue weighted by atomic mass is 10.0. The molecule has 1 atom stereocenters. The number of pyridine rings is 2. The zero-order valence-electron chi connectivity index (χ0n) is 22.9. The van der Waals surface area contributed by atoms with E-state index in [9.17, 15) is 14.4 Å². The van der Waals surface area contributed by atoms with Crippen molar-refractivity contribution >= 4 is 29.1 Å². The lowest BCUT2D eigenvalue weighted by Gasteiger charge is -2.15. The van der Waals surface area contributed by atoms with Crippen molar-refractivity contribution in [1.29, 1.82) is 0 Å². The Morgan fingerprint density at radius 1 is 1.19 bits per heavy atom. The van der Waals surface area contributed by atoms with Crippen LogP contribution in [0.4, 0.5) is 0 Å². The second-order valence-electron chi connectivity index (χ2n) is 9.89. The molecule has 3 aromatic heterocycles. The molecular weight excluding hydrogens is 558 g/mol. The predicted octanol–water partition coefficient (Wildman–Crippen LogP) is 2.54. The Balaban J connectivity index is 1.37. The minimum atomic E-state index is -0.693. The average molecular weight is 588 g/mol. The first-order valence-corrected chi connectivity index (χ1v) is 13.7. The summed E-state index contributed by atoms with van der Waals surface area (Å²) in [6.45, 7) is 4.80. The van der Waals surface area contributed by atoms with Crippen molar-refractivity contribution in [2.75, 3.05) is 13.7 Å². The lowest BCUT2D eigenvalue weighted by molar-refractivity contribution is -0.119. The number of nitrogens with two attached hydrogens (primary N) is 1. The number of fused-ring (bicyclic) bond motifs is 1. The van der Waals surface area contributed by atoms with Crippen molar-refractivity contribution < 1.29 is 14.3 Å². The number of nitrogens with one attached hydrogen (secondary N) is 3. The van der Waals surface area contributed by atoms with E-state index in [1.165, 1.54) is 10.6 Å². The predicted molar refractivity (Wildman–Crippen MR) is 160 cm³/mol. The van der Waals surface area contributed by atoms with Gasteiger partial charge in [0.25, 0.3) is 11.5 Å². The standard InChI is InChI=1S/C30H30ClN7O4/c1-17(28(32)40)34-14-20-15-35-25-12-18(10-11-38(25)30(20)41)22-4-3-5-23(27(22)31)24-8-6-19(29(37-24)42-2)13-33-16-21-7-9-26(39)36-21/h3-6,8,10-12,15,21,33-34H,1,7,9,13-14,16H2,2H3,(H2,32,40)(H,36,39)/t21-/m0/s1. The molecule has 4 aromatic rings. The number of amides is 2. The van der Waals surface area contributed by atoms with E-state index < -0.39 is 5.91 Å². The number of carbonyl (C=O) groups is 2. The molecule has 42 heavy (non-hydrogen) atoms. The first kappa shape index (κ1) is 28.8. The molecule has 5 N–H and O–H groups in total. The SMILES string of the molecule is C=C(NCc1cnc2cc(-c3cccc(-c4ccc(CNC[C@@H]5CCC(=O)N5)c(OC)n4)c3Cl)ccn2c1=O)C(N)=O. The van der Waals surface area contributed by atoms with Crippen molar-refractivity contribution in [2.24, 2.45) is 5.73 Å². The number of nitrogens with zero attached hydrogens (tertiary/aromatic N) is 3. The lowest BCUT2D eigenvalue weighted by Crippen LogP contribution is -2.35. The van der Waals surface area contributed by atoms with Gasteiger partial charge >= 0.3 is 0 Å². The van der Waals surface area contributed by atoms with Gasteiger partial charge in [-0.1, -0.05) is 42.4 Å². The third kappa shape index (κ3) is 6.12. The highest BCUT2D eigenvalue weighted by Gasteiger charge is 2.20. The van der Waals surface area contributed by atoms with E-state index in [0.29, 0.717) is 47.3 Å². The molecule has 0 radical (unpaired) electrons. The second-order valence-corrected chi connectivity index (χ2v) is 10.3. The van der Waals surface area contributed by atoms with Crippen LogP contribution in [0.1, 0.15) is 24.0 Å². The van der Waals surface area contributed by atoms with Crippen LogP contribution >= 0.6 is 11.6 Å². The van der Waals surface area contributed by atoms with E-state index in [2.05, 4.69) is 27.5 Å². The maximum Gasteiger partial charge on any atom is 0.264 e. The molecule has 2 amide bonds. The Bertz CT molecular complexity index is 1750. The summed E-state index contributed by atoms with van der Waals surface area (Å²) >= 11 is 6.91. The Morgan fingerprint density at radius 2 is 2.00 bits per heavy atom. The Morgan fingerprint density at radius 3 is 2.74 bits per heavy atom. The number of methoxy groups -OCH3 is 1. The maximum atomic E-state index is 13.0. The molecule has 0 bridgehead atoms. The number of aromatic nitrogens is 3. The largest absolute Gasteiger partial charge is 0.481 e. The fraction of sp³-hybridized carbons (Fsp3) is 0.233. The van der Waals surface area contributed by atoms with Gasteiger partial charge in [0.15, 0.2) is 0 Å². The molecule has 5 rings (SSSR count).